The normalized spacial score (nSPS) is 10.4. The Kier molecular flexibility index (Phi) is 12.6. The molecule has 32 heavy (non-hydrogen) atoms. The van der Waals surface area contributed by atoms with Crippen LogP contribution in [0.25, 0.3) is 0 Å². The molecule has 1 rings (SSSR count). The van der Waals surface area contributed by atoms with E-state index < -0.39 is 17.0 Å². The van der Waals surface area contributed by atoms with Crippen LogP contribution in [0.15, 0.2) is 30.4 Å². The lowest BCUT2D eigenvalue weighted by Crippen LogP contribution is -2.31. The zero-order valence-electron chi connectivity index (χ0n) is 18.2. The van der Waals surface area contributed by atoms with E-state index in [1.807, 2.05) is 19.1 Å². The summed E-state index contributed by atoms with van der Waals surface area (Å²) in [5, 5.41) is 11.6. The second kappa shape index (κ2) is 15.2. The molecule has 1 N–H and O–H groups in total. The van der Waals surface area contributed by atoms with Gasteiger partial charge < -0.3 is 24.4 Å². The molecule has 0 aliphatic heterocycles. The number of amides is 1. The number of nitrogens with zero attached hydrogens (tertiary/aromatic N) is 1. The molecular weight excluding hydrogens is 424 g/mol. The highest BCUT2D eigenvalue weighted by atomic mass is 16.9. The SMILES string of the molecule is C/C=C\CCCC(=O)NCC(=O)Oc1ccc(C(=O)OCCCCO[N+](=O)[O-])cc1OC. The van der Waals surface area contributed by atoms with Crippen LogP contribution in [0.5, 0.6) is 11.5 Å². The van der Waals surface area contributed by atoms with Crippen LogP contribution in [0.3, 0.4) is 0 Å². The molecule has 0 radical (unpaired) electrons. The molecule has 1 amide bonds. The van der Waals surface area contributed by atoms with E-state index in [2.05, 4.69) is 10.2 Å². The first-order valence-corrected chi connectivity index (χ1v) is 10.1. The van der Waals surface area contributed by atoms with Gasteiger partial charge in [0, 0.05) is 6.42 Å². The molecular formula is C21H28N2O9. The van der Waals surface area contributed by atoms with Crippen molar-refractivity contribution in [2.75, 3.05) is 26.9 Å². The second-order valence-corrected chi connectivity index (χ2v) is 6.48. The van der Waals surface area contributed by atoms with Gasteiger partial charge in [-0.05, 0) is 50.8 Å². The highest BCUT2D eigenvalue weighted by Crippen LogP contribution is 2.28. The van der Waals surface area contributed by atoms with Crippen molar-refractivity contribution in [1.82, 2.24) is 5.32 Å². The largest absolute Gasteiger partial charge is 0.493 e. The van der Waals surface area contributed by atoms with Gasteiger partial charge in [-0.1, -0.05) is 12.2 Å². The zero-order valence-corrected chi connectivity index (χ0v) is 18.2. The number of hydrogen-bond acceptors (Lipinski definition) is 9. The molecule has 0 bridgehead atoms. The first-order chi connectivity index (χ1) is 15.4. The minimum Gasteiger partial charge on any atom is -0.493 e. The smallest absolute Gasteiger partial charge is 0.338 e. The monoisotopic (exact) mass is 452 g/mol. The van der Waals surface area contributed by atoms with E-state index in [1.54, 1.807) is 0 Å². The van der Waals surface area contributed by atoms with Crippen molar-refractivity contribution >= 4 is 17.8 Å². The number of carbonyl (C=O) groups is 3. The Morgan fingerprint density at radius 1 is 1.12 bits per heavy atom. The maximum atomic E-state index is 12.1. The van der Waals surface area contributed by atoms with Gasteiger partial charge in [0.15, 0.2) is 11.5 Å². The van der Waals surface area contributed by atoms with E-state index in [4.69, 9.17) is 14.2 Å². The van der Waals surface area contributed by atoms with E-state index in [0.717, 1.165) is 6.42 Å². The Bertz CT molecular complexity index is 808. The van der Waals surface area contributed by atoms with Crippen LogP contribution in [0.4, 0.5) is 0 Å². The molecule has 0 unspecified atom stereocenters. The third-order valence-corrected chi connectivity index (χ3v) is 4.03. The third-order valence-electron chi connectivity index (χ3n) is 4.03. The number of ether oxygens (including phenoxy) is 3. The number of benzene rings is 1. The number of hydrogen-bond donors (Lipinski definition) is 1. The lowest BCUT2D eigenvalue weighted by atomic mass is 10.2. The minimum atomic E-state index is -0.882. The number of esters is 2. The molecule has 0 atom stereocenters. The van der Waals surface area contributed by atoms with Crippen molar-refractivity contribution in [2.24, 2.45) is 0 Å². The molecule has 0 aromatic heterocycles. The minimum absolute atomic E-state index is 0.0629. The average Bonchev–Trinajstić information content (AvgIpc) is 2.77. The van der Waals surface area contributed by atoms with Gasteiger partial charge in [-0.2, -0.15) is 0 Å². The van der Waals surface area contributed by atoms with Gasteiger partial charge >= 0.3 is 11.9 Å². The fourth-order valence-electron chi connectivity index (χ4n) is 2.44. The van der Waals surface area contributed by atoms with Gasteiger partial charge in [0.2, 0.25) is 5.91 Å². The highest BCUT2D eigenvalue weighted by molar-refractivity contribution is 5.90. The van der Waals surface area contributed by atoms with E-state index >= 15 is 0 Å². The van der Waals surface area contributed by atoms with E-state index in [9.17, 15) is 24.5 Å². The first-order valence-electron chi connectivity index (χ1n) is 10.1. The Hall–Kier alpha value is -3.63. The van der Waals surface area contributed by atoms with Crippen molar-refractivity contribution in [1.29, 1.82) is 0 Å². The Morgan fingerprint density at radius 2 is 1.88 bits per heavy atom. The highest BCUT2D eigenvalue weighted by Gasteiger charge is 2.15. The van der Waals surface area contributed by atoms with E-state index in [1.165, 1.54) is 25.3 Å². The van der Waals surface area contributed by atoms with Crippen LogP contribution in [0.2, 0.25) is 0 Å². The molecule has 1 aromatic carbocycles. The molecule has 0 aliphatic rings. The molecule has 0 aliphatic carbocycles. The Labute approximate surface area is 185 Å². The van der Waals surface area contributed by atoms with Crippen LogP contribution in [-0.2, 0) is 19.2 Å². The predicted octanol–water partition coefficient (Wildman–Crippen LogP) is 2.61. The predicted molar refractivity (Wildman–Crippen MR) is 113 cm³/mol. The standard InChI is InChI=1S/C21H28N2O9/c1-3-4-5-6-9-19(24)22-15-20(25)32-17-11-10-16(14-18(17)29-2)21(26)30-12-7-8-13-31-23(27)28/h3-4,10-11,14H,5-9,12-13,15H2,1-2H3,(H,22,24)/b4-3-. The summed E-state index contributed by atoms with van der Waals surface area (Å²) in [7, 11) is 1.35. The fourth-order valence-corrected chi connectivity index (χ4v) is 2.44. The molecule has 0 spiro atoms. The van der Waals surface area contributed by atoms with Crippen molar-refractivity contribution in [2.45, 2.75) is 39.0 Å². The van der Waals surface area contributed by atoms with Crippen LogP contribution in [0, 0.1) is 10.1 Å². The van der Waals surface area contributed by atoms with Crippen LogP contribution < -0.4 is 14.8 Å². The maximum Gasteiger partial charge on any atom is 0.338 e. The zero-order chi connectivity index (χ0) is 23.8. The fraction of sp³-hybridized carbons (Fsp3) is 0.476. The lowest BCUT2D eigenvalue weighted by Gasteiger charge is -2.11. The number of allylic oxidation sites excluding steroid dienone is 2. The van der Waals surface area contributed by atoms with Gasteiger partial charge in [0.25, 0.3) is 5.09 Å². The average molecular weight is 452 g/mol. The van der Waals surface area contributed by atoms with Crippen LogP contribution >= 0.6 is 0 Å². The molecule has 11 nitrogen and oxygen atoms in total. The van der Waals surface area contributed by atoms with Gasteiger partial charge in [-0.25, -0.2) is 9.59 Å². The summed E-state index contributed by atoms with van der Waals surface area (Å²) < 4.78 is 15.4. The summed E-state index contributed by atoms with van der Waals surface area (Å²) in [6.45, 7) is 1.60. The molecule has 1 aromatic rings. The summed E-state index contributed by atoms with van der Waals surface area (Å²) in [6.07, 6.45) is 6.40. The summed E-state index contributed by atoms with van der Waals surface area (Å²) in [5.41, 5.74) is 0.178. The third kappa shape index (κ3) is 11.0. The Balaban J connectivity index is 2.47. The molecule has 0 fully saturated rings. The van der Waals surface area contributed by atoms with Crippen LogP contribution in [0.1, 0.15) is 49.4 Å². The summed E-state index contributed by atoms with van der Waals surface area (Å²) in [5.74, 6) is -1.32. The number of carbonyl (C=O) groups excluding carboxylic acids is 3. The molecule has 176 valence electrons. The second-order valence-electron chi connectivity index (χ2n) is 6.48. The van der Waals surface area contributed by atoms with Crippen LogP contribution in [-0.4, -0.2) is 49.8 Å². The summed E-state index contributed by atoms with van der Waals surface area (Å²) in [6, 6.07) is 4.15. The number of rotatable bonds is 15. The summed E-state index contributed by atoms with van der Waals surface area (Å²) in [4.78, 5) is 50.0. The topological polar surface area (TPSA) is 143 Å². The molecule has 0 saturated heterocycles. The lowest BCUT2D eigenvalue weighted by molar-refractivity contribution is -0.757. The van der Waals surface area contributed by atoms with Gasteiger partial charge in [-0.3, -0.25) is 4.79 Å². The summed E-state index contributed by atoms with van der Waals surface area (Å²) >= 11 is 0. The maximum absolute atomic E-state index is 12.1. The van der Waals surface area contributed by atoms with E-state index in [-0.39, 0.29) is 42.7 Å². The van der Waals surface area contributed by atoms with Gasteiger partial charge in [0.1, 0.15) is 6.54 Å². The van der Waals surface area contributed by atoms with Crippen molar-refractivity contribution in [3.05, 3.63) is 46.0 Å². The van der Waals surface area contributed by atoms with Crippen molar-refractivity contribution < 1.29 is 38.5 Å². The van der Waals surface area contributed by atoms with Gasteiger partial charge in [0.05, 0.1) is 25.9 Å². The Morgan fingerprint density at radius 3 is 2.56 bits per heavy atom. The molecule has 11 heteroatoms. The van der Waals surface area contributed by atoms with Gasteiger partial charge in [-0.15, -0.1) is 10.1 Å². The first kappa shape index (κ1) is 26.4. The van der Waals surface area contributed by atoms with Crippen molar-refractivity contribution in [3.63, 3.8) is 0 Å². The number of nitrogens with one attached hydrogen (secondary N) is 1. The number of methoxy groups -OCH3 is 1. The quantitative estimate of drug-likeness (QED) is 0.106. The van der Waals surface area contributed by atoms with Crippen molar-refractivity contribution in [3.8, 4) is 11.5 Å². The molecule has 0 heterocycles. The van der Waals surface area contributed by atoms with E-state index in [0.29, 0.717) is 25.7 Å². The number of unbranched alkanes of at least 4 members (excludes halogenated alkanes) is 2. The molecule has 0 saturated carbocycles.